The van der Waals surface area contributed by atoms with E-state index in [9.17, 15) is 4.79 Å². The number of carbonyl (C=O) groups is 1. The van der Waals surface area contributed by atoms with Gasteiger partial charge in [0, 0.05) is 13.1 Å². The molecule has 0 aliphatic rings. The van der Waals surface area contributed by atoms with Gasteiger partial charge in [0.25, 0.3) is 5.91 Å². The maximum atomic E-state index is 12.0. The molecule has 0 fully saturated rings. The molecule has 1 aromatic carbocycles. The maximum absolute atomic E-state index is 12.0. The summed E-state index contributed by atoms with van der Waals surface area (Å²) in [6.07, 6.45) is 0. The fraction of sp³-hybridized carbons (Fsp3) is 0.167. The standard InChI is InChI=1S/C12H13N3O2/c1-8-7-11(17-14-8)12(16)15(2)10-6-4-3-5-9(10)13/h3-7H,13H2,1-2H3. The summed E-state index contributed by atoms with van der Waals surface area (Å²) >= 11 is 0. The molecule has 0 aliphatic heterocycles. The molecule has 2 N–H and O–H groups in total. The average molecular weight is 231 g/mol. The third kappa shape index (κ3) is 2.13. The van der Waals surface area contributed by atoms with Gasteiger partial charge in [0.2, 0.25) is 5.76 Å². The number of hydrogen-bond donors (Lipinski definition) is 1. The van der Waals surface area contributed by atoms with Crippen LogP contribution < -0.4 is 10.6 Å². The van der Waals surface area contributed by atoms with E-state index in [1.807, 2.05) is 12.1 Å². The first-order valence-corrected chi connectivity index (χ1v) is 5.15. The molecule has 0 saturated heterocycles. The Morgan fingerprint density at radius 1 is 1.41 bits per heavy atom. The van der Waals surface area contributed by atoms with Crippen LogP contribution in [0.25, 0.3) is 0 Å². The number of nitrogens with zero attached hydrogens (tertiary/aromatic N) is 2. The van der Waals surface area contributed by atoms with Crippen molar-refractivity contribution < 1.29 is 9.32 Å². The first-order chi connectivity index (χ1) is 8.09. The van der Waals surface area contributed by atoms with Crippen molar-refractivity contribution in [3.63, 3.8) is 0 Å². The van der Waals surface area contributed by atoms with Crippen LogP contribution in [0.15, 0.2) is 34.9 Å². The molecule has 0 saturated carbocycles. The van der Waals surface area contributed by atoms with Crippen molar-refractivity contribution in [2.75, 3.05) is 17.7 Å². The summed E-state index contributed by atoms with van der Waals surface area (Å²) in [6, 6.07) is 8.75. The number of anilines is 2. The SMILES string of the molecule is Cc1cc(C(=O)N(C)c2ccccc2N)on1. The lowest BCUT2D eigenvalue weighted by Crippen LogP contribution is -2.26. The molecule has 0 unspecified atom stereocenters. The summed E-state index contributed by atoms with van der Waals surface area (Å²) in [6.45, 7) is 1.76. The Labute approximate surface area is 98.8 Å². The van der Waals surface area contributed by atoms with Crippen molar-refractivity contribution in [1.29, 1.82) is 0 Å². The van der Waals surface area contributed by atoms with Crippen LogP contribution in [-0.2, 0) is 0 Å². The molecular formula is C12H13N3O2. The van der Waals surface area contributed by atoms with Crippen LogP contribution in [-0.4, -0.2) is 18.1 Å². The normalized spacial score (nSPS) is 10.2. The number of nitrogen functional groups attached to an aromatic ring is 1. The first-order valence-electron chi connectivity index (χ1n) is 5.15. The predicted molar refractivity (Wildman–Crippen MR) is 64.8 cm³/mol. The van der Waals surface area contributed by atoms with Gasteiger partial charge >= 0.3 is 0 Å². The second-order valence-electron chi connectivity index (χ2n) is 3.76. The Morgan fingerprint density at radius 3 is 2.71 bits per heavy atom. The molecule has 2 aromatic rings. The molecule has 5 heteroatoms. The van der Waals surface area contributed by atoms with Crippen LogP contribution in [0.2, 0.25) is 0 Å². The van der Waals surface area contributed by atoms with E-state index in [1.54, 1.807) is 32.2 Å². The largest absolute Gasteiger partial charge is 0.397 e. The maximum Gasteiger partial charge on any atom is 0.296 e. The third-order valence-corrected chi connectivity index (χ3v) is 2.44. The molecule has 2 rings (SSSR count). The van der Waals surface area contributed by atoms with E-state index in [1.165, 1.54) is 4.90 Å². The molecule has 88 valence electrons. The van der Waals surface area contributed by atoms with Gasteiger partial charge in [-0.3, -0.25) is 4.79 Å². The molecule has 1 aromatic heterocycles. The number of benzene rings is 1. The lowest BCUT2D eigenvalue weighted by molar-refractivity contribution is 0.0957. The highest BCUT2D eigenvalue weighted by atomic mass is 16.5. The molecule has 0 bridgehead atoms. The molecule has 0 spiro atoms. The van der Waals surface area contributed by atoms with E-state index in [2.05, 4.69) is 5.16 Å². The number of aryl methyl sites for hydroxylation is 1. The van der Waals surface area contributed by atoms with Gasteiger partial charge in [-0.25, -0.2) is 0 Å². The van der Waals surface area contributed by atoms with Crippen molar-refractivity contribution in [2.45, 2.75) is 6.92 Å². The Bertz CT molecular complexity index is 548. The number of para-hydroxylation sites is 2. The second-order valence-corrected chi connectivity index (χ2v) is 3.76. The Balaban J connectivity index is 2.29. The van der Waals surface area contributed by atoms with E-state index < -0.39 is 0 Å². The minimum Gasteiger partial charge on any atom is -0.397 e. The second kappa shape index (κ2) is 4.29. The number of rotatable bonds is 2. The van der Waals surface area contributed by atoms with Gasteiger partial charge in [0.15, 0.2) is 0 Å². The molecule has 17 heavy (non-hydrogen) atoms. The van der Waals surface area contributed by atoms with Gasteiger partial charge in [0.05, 0.1) is 17.1 Å². The molecule has 1 heterocycles. The minimum atomic E-state index is -0.275. The van der Waals surface area contributed by atoms with E-state index in [4.69, 9.17) is 10.3 Å². The van der Waals surface area contributed by atoms with E-state index >= 15 is 0 Å². The van der Waals surface area contributed by atoms with Gasteiger partial charge in [-0.2, -0.15) is 0 Å². The lowest BCUT2D eigenvalue weighted by atomic mass is 10.2. The van der Waals surface area contributed by atoms with Gasteiger partial charge in [0.1, 0.15) is 0 Å². The topological polar surface area (TPSA) is 72.4 Å². The summed E-state index contributed by atoms with van der Waals surface area (Å²) in [4.78, 5) is 13.5. The zero-order valence-corrected chi connectivity index (χ0v) is 9.68. The highest BCUT2D eigenvalue weighted by Gasteiger charge is 2.19. The summed E-state index contributed by atoms with van der Waals surface area (Å²) in [5.74, 6) is -0.0725. The zero-order valence-electron chi connectivity index (χ0n) is 9.68. The van der Waals surface area contributed by atoms with Crippen LogP contribution in [0.1, 0.15) is 16.2 Å². The highest BCUT2D eigenvalue weighted by Crippen LogP contribution is 2.22. The molecular weight excluding hydrogens is 218 g/mol. The molecule has 5 nitrogen and oxygen atoms in total. The van der Waals surface area contributed by atoms with Crippen LogP contribution in [0.3, 0.4) is 0 Å². The van der Waals surface area contributed by atoms with Crippen LogP contribution in [0.4, 0.5) is 11.4 Å². The van der Waals surface area contributed by atoms with Gasteiger partial charge in [-0.15, -0.1) is 0 Å². The van der Waals surface area contributed by atoms with Gasteiger partial charge in [-0.1, -0.05) is 17.3 Å². The molecule has 0 aliphatic carbocycles. The van der Waals surface area contributed by atoms with Crippen LogP contribution in [0.5, 0.6) is 0 Å². The average Bonchev–Trinajstić information content (AvgIpc) is 2.75. The summed E-state index contributed by atoms with van der Waals surface area (Å²) in [7, 11) is 1.64. The van der Waals surface area contributed by atoms with Crippen molar-refractivity contribution in [1.82, 2.24) is 5.16 Å². The fourth-order valence-corrected chi connectivity index (χ4v) is 1.53. The summed E-state index contributed by atoms with van der Waals surface area (Å²) in [5, 5.41) is 3.68. The quantitative estimate of drug-likeness (QED) is 0.800. The highest BCUT2D eigenvalue weighted by molar-refractivity contribution is 6.05. The minimum absolute atomic E-state index is 0.202. The monoisotopic (exact) mass is 231 g/mol. The number of carbonyl (C=O) groups excluding carboxylic acids is 1. The Morgan fingerprint density at radius 2 is 2.12 bits per heavy atom. The third-order valence-electron chi connectivity index (χ3n) is 2.44. The van der Waals surface area contributed by atoms with Crippen molar-refractivity contribution >= 4 is 17.3 Å². The zero-order chi connectivity index (χ0) is 12.4. The van der Waals surface area contributed by atoms with E-state index in [0.717, 1.165) is 0 Å². The van der Waals surface area contributed by atoms with Crippen molar-refractivity contribution in [3.8, 4) is 0 Å². The predicted octanol–water partition coefficient (Wildman–Crippen LogP) is 1.84. The summed E-state index contributed by atoms with van der Waals surface area (Å²) < 4.78 is 4.93. The molecule has 0 radical (unpaired) electrons. The number of hydrogen-bond acceptors (Lipinski definition) is 4. The van der Waals surface area contributed by atoms with Crippen LogP contribution in [0, 0.1) is 6.92 Å². The van der Waals surface area contributed by atoms with Crippen LogP contribution >= 0.6 is 0 Å². The number of amides is 1. The number of aromatic nitrogens is 1. The smallest absolute Gasteiger partial charge is 0.296 e. The van der Waals surface area contributed by atoms with E-state index in [-0.39, 0.29) is 11.7 Å². The summed E-state index contributed by atoms with van der Waals surface area (Å²) in [5.41, 5.74) is 7.66. The Kier molecular flexibility index (Phi) is 2.82. The van der Waals surface area contributed by atoms with Crippen molar-refractivity contribution in [3.05, 3.63) is 41.8 Å². The number of nitrogens with two attached hydrogens (primary N) is 1. The Hall–Kier alpha value is -2.30. The van der Waals surface area contributed by atoms with Gasteiger partial charge < -0.3 is 15.2 Å². The van der Waals surface area contributed by atoms with Crippen molar-refractivity contribution in [2.24, 2.45) is 0 Å². The first kappa shape index (κ1) is 11.2. The van der Waals surface area contributed by atoms with E-state index in [0.29, 0.717) is 17.1 Å². The van der Waals surface area contributed by atoms with Gasteiger partial charge in [-0.05, 0) is 19.1 Å². The lowest BCUT2D eigenvalue weighted by Gasteiger charge is -2.17. The molecule has 0 atom stereocenters. The fourth-order valence-electron chi connectivity index (χ4n) is 1.53. The molecule has 1 amide bonds.